The molecule has 0 saturated heterocycles. The van der Waals surface area contributed by atoms with E-state index < -0.39 is 19.0 Å². The lowest BCUT2D eigenvalue weighted by Crippen LogP contribution is -2.08. The highest BCUT2D eigenvalue weighted by molar-refractivity contribution is 5.93. The van der Waals surface area contributed by atoms with E-state index in [0.717, 1.165) is 0 Å². The maximum absolute atomic E-state index is 11.8. The van der Waals surface area contributed by atoms with E-state index in [-0.39, 0.29) is 17.0 Å². The van der Waals surface area contributed by atoms with Crippen molar-refractivity contribution in [2.24, 2.45) is 0 Å². The number of carbonyl (C=O) groups is 1. The lowest BCUT2D eigenvalue weighted by molar-refractivity contribution is 0.0696. The molecule has 3 N–H and O–H groups in total. The van der Waals surface area contributed by atoms with Gasteiger partial charge < -0.3 is 15.6 Å². The van der Waals surface area contributed by atoms with Gasteiger partial charge in [-0.3, -0.25) is 0 Å². The zero-order valence-electron chi connectivity index (χ0n) is 7.61. The van der Waals surface area contributed by atoms with Gasteiger partial charge in [0.15, 0.2) is 0 Å². The van der Waals surface area contributed by atoms with E-state index in [1.165, 1.54) is 18.2 Å². The van der Waals surface area contributed by atoms with Gasteiger partial charge in [-0.15, -0.1) is 0 Å². The van der Waals surface area contributed by atoms with Crippen LogP contribution in [0.3, 0.4) is 0 Å². The summed E-state index contributed by atoms with van der Waals surface area (Å²) in [5, 5.41) is 8.63. The SMILES string of the molecule is Nc1cc(OCC(F)F)ccc1C(=O)O. The summed E-state index contributed by atoms with van der Waals surface area (Å²) in [7, 11) is 0. The summed E-state index contributed by atoms with van der Waals surface area (Å²) in [6.45, 7) is -0.744. The van der Waals surface area contributed by atoms with Crippen molar-refractivity contribution in [2.75, 3.05) is 12.3 Å². The second-order valence-electron chi connectivity index (χ2n) is 2.76. The van der Waals surface area contributed by atoms with Crippen molar-refractivity contribution in [2.45, 2.75) is 6.43 Å². The highest BCUT2D eigenvalue weighted by Crippen LogP contribution is 2.20. The molecular formula is C9H9F2NO3. The molecule has 0 aromatic heterocycles. The number of rotatable bonds is 4. The van der Waals surface area contributed by atoms with Crippen molar-refractivity contribution < 1.29 is 23.4 Å². The molecule has 0 aliphatic carbocycles. The number of hydrogen-bond donors (Lipinski definition) is 2. The largest absolute Gasteiger partial charge is 0.488 e. The first-order valence-electron chi connectivity index (χ1n) is 4.04. The minimum atomic E-state index is -2.58. The summed E-state index contributed by atoms with van der Waals surface area (Å²) >= 11 is 0. The molecule has 0 bridgehead atoms. The predicted molar refractivity (Wildman–Crippen MR) is 49.3 cm³/mol. The van der Waals surface area contributed by atoms with Gasteiger partial charge in [0, 0.05) is 11.8 Å². The van der Waals surface area contributed by atoms with Gasteiger partial charge in [0.05, 0.1) is 5.56 Å². The molecular weight excluding hydrogens is 208 g/mol. The van der Waals surface area contributed by atoms with Crippen LogP contribution in [0.1, 0.15) is 10.4 Å². The Bertz CT molecular complexity index is 368. The summed E-state index contributed by atoms with van der Waals surface area (Å²) < 4.78 is 28.2. The first-order chi connectivity index (χ1) is 7.00. The maximum Gasteiger partial charge on any atom is 0.337 e. The molecule has 0 radical (unpaired) electrons. The maximum atomic E-state index is 11.8. The number of ether oxygens (including phenoxy) is 1. The third kappa shape index (κ3) is 3.08. The Morgan fingerprint density at radius 1 is 1.53 bits per heavy atom. The first-order valence-corrected chi connectivity index (χ1v) is 4.04. The summed E-state index contributed by atoms with van der Waals surface area (Å²) in [5.74, 6) is -1.05. The van der Waals surface area contributed by atoms with Crippen LogP contribution in [0.15, 0.2) is 18.2 Å². The average molecular weight is 217 g/mol. The number of carboxylic acids is 1. The molecule has 0 unspecified atom stereocenters. The Kier molecular flexibility index (Phi) is 3.43. The van der Waals surface area contributed by atoms with Crippen LogP contribution in [-0.2, 0) is 0 Å². The zero-order valence-corrected chi connectivity index (χ0v) is 7.61. The highest BCUT2D eigenvalue weighted by atomic mass is 19.3. The number of alkyl halides is 2. The van der Waals surface area contributed by atoms with Crippen LogP contribution in [0.5, 0.6) is 5.75 Å². The standard InChI is InChI=1S/C9H9F2NO3/c10-8(11)4-15-5-1-2-6(9(13)14)7(12)3-5/h1-3,8H,4,12H2,(H,13,14). The molecule has 1 rings (SSSR count). The second kappa shape index (κ2) is 4.59. The van der Waals surface area contributed by atoms with Crippen molar-refractivity contribution in [3.8, 4) is 5.75 Å². The molecule has 0 atom stereocenters. The molecule has 0 aliphatic rings. The normalized spacial score (nSPS) is 10.3. The van der Waals surface area contributed by atoms with Crippen LogP contribution in [0.2, 0.25) is 0 Å². The highest BCUT2D eigenvalue weighted by Gasteiger charge is 2.09. The van der Waals surface area contributed by atoms with Gasteiger partial charge in [-0.05, 0) is 12.1 Å². The van der Waals surface area contributed by atoms with Gasteiger partial charge in [-0.2, -0.15) is 0 Å². The molecule has 6 heteroatoms. The van der Waals surface area contributed by atoms with E-state index in [4.69, 9.17) is 10.8 Å². The van der Waals surface area contributed by atoms with Gasteiger partial charge in [-0.1, -0.05) is 0 Å². The topological polar surface area (TPSA) is 72.5 Å². The molecule has 0 spiro atoms. The van der Waals surface area contributed by atoms with Crippen molar-refractivity contribution in [1.82, 2.24) is 0 Å². The quantitative estimate of drug-likeness (QED) is 0.751. The Hall–Kier alpha value is -1.85. The summed E-state index contributed by atoms with van der Waals surface area (Å²) in [6, 6.07) is 3.69. The number of aromatic carboxylic acids is 1. The number of nitrogen functional groups attached to an aromatic ring is 1. The third-order valence-corrected chi connectivity index (χ3v) is 1.63. The summed E-state index contributed by atoms with van der Waals surface area (Å²) in [6.07, 6.45) is -2.58. The molecule has 0 amide bonds. The number of halogens is 2. The number of anilines is 1. The smallest absolute Gasteiger partial charge is 0.337 e. The fourth-order valence-electron chi connectivity index (χ4n) is 0.985. The molecule has 15 heavy (non-hydrogen) atoms. The molecule has 4 nitrogen and oxygen atoms in total. The van der Waals surface area contributed by atoms with E-state index in [2.05, 4.69) is 4.74 Å². The Morgan fingerprint density at radius 2 is 2.20 bits per heavy atom. The van der Waals surface area contributed by atoms with E-state index in [9.17, 15) is 13.6 Å². The third-order valence-electron chi connectivity index (χ3n) is 1.63. The van der Waals surface area contributed by atoms with Crippen molar-refractivity contribution in [3.05, 3.63) is 23.8 Å². The van der Waals surface area contributed by atoms with Crippen molar-refractivity contribution >= 4 is 11.7 Å². The minimum Gasteiger partial charge on any atom is -0.488 e. The van der Waals surface area contributed by atoms with Gasteiger partial charge >= 0.3 is 5.97 Å². The van der Waals surface area contributed by atoms with E-state index in [1.807, 2.05) is 0 Å². The first kappa shape index (κ1) is 11.2. The number of carboxylic acid groups (broad SMARTS) is 1. The van der Waals surface area contributed by atoms with Gasteiger partial charge in [0.25, 0.3) is 6.43 Å². The molecule has 0 heterocycles. The fourth-order valence-corrected chi connectivity index (χ4v) is 0.985. The van der Waals surface area contributed by atoms with Crippen LogP contribution in [0.4, 0.5) is 14.5 Å². The minimum absolute atomic E-state index is 0.0192. The predicted octanol–water partition coefficient (Wildman–Crippen LogP) is 1.61. The van der Waals surface area contributed by atoms with Crippen molar-refractivity contribution in [1.29, 1.82) is 0 Å². The second-order valence-corrected chi connectivity index (χ2v) is 2.76. The van der Waals surface area contributed by atoms with Gasteiger partial charge in [0.1, 0.15) is 12.4 Å². The molecule has 1 aromatic rings. The van der Waals surface area contributed by atoms with E-state index >= 15 is 0 Å². The van der Waals surface area contributed by atoms with Crippen LogP contribution >= 0.6 is 0 Å². The van der Waals surface area contributed by atoms with Gasteiger partial charge in [0.2, 0.25) is 0 Å². The van der Waals surface area contributed by atoms with E-state index in [1.54, 1.807) is 0 Å². The molecule has 0 fully saturated rings. The van der Waals surface area contributed by atoms with Crippen LogP contribution < -0.4 is 10.5 Å². The summed E-state index contributed by atoms with van der Waals surface area (Å²) in [5.41, 5.74) is 5.28. The lowest BCUT2D eigenvalue weighted by atomic mass is 10.2. The summed E-state index contributed by atoms with van der Waals surface area (Å²) in [4.78, 5) is 10.6. The Morgan fingerprint density at radius 3 is 2.67 bits per heavy atom. The van der Waals surface area contributed by atoms with Crippen LogP contribution in [0, 0.1) is 0 Å². The Labute approximate surface area is 84.3 Å². The molecule has 0 aliphatic heterocycles. The van der Waals surface area contributed by atoms with Crippen LogP contribution in [-0.4, -0.2) is 24.1 Å². The Balaban J connectivity index is 2.78. The molecule has 0 saturated carbocycles. The lowest BCUT2D eigenvalue weighted by Gasteiger charge is -2.07. The van der Waals surface area contributed by atoms with Crippen LogP contribution in [0.25, 0.3) is 0 Å². The van der Waals surface area contributed by atoms with E-state index in [0.29, 0.717) is 0 Å². The monoisotopic (exact) mass is 217 g/mol. The fraction of sp³-hybridized carbons (Fsp3) is 0.222. The zero-order chi connectivity index (χ0) is 11.4. The number of benzene rings is 1. The molecule has 82 valence electrons. The number of nitrogens with two attached hydrogens (primary N) is 1. The number of hydrogen-bond acceptors (Lipinski definition) is 3. The van der Waals surface area contributed by atoms with Crippen molar-refractivity contribution in [3.63, 3.8) is 0 Å². The molecule has 1 aromatic carbocycles. The van der Waals surface area contributed by atoms with Gasteiger partial charge in [-0.25, -0.2) is 13.6 Å². The average Bonchev–Trinajstić information content (AvgIpc) is 2.14.